The number of rotatable bonds is 4. The fraction of sp³-hybridized carbons (Fsp3) is 0.333. The molecule has 0 spiro atoms. The molecule has 2 nitrogen and oxygen atoms in total. The second kappa shape index (κ2) is 4.64. The monoisotopic (exact) mass is 221 g/mol. The smallest absolute Gasteiger partial charge is 0.120 e. The van der Waals surface area contributed by atoms with E-state index in [-0.39, 0.29) is 6.04 Å². The van der Waals surface area contributed by atoms with Gasteiger partial charge in [0, 0.05) is 10.9 Å². The minimum Gasteiger partial charge on any atom is -0.468 e. The number of hydrogen-bond acceptors (Lipinski definition) is 3. The van der Waals surface area contributed by atoms with Gasteiger partial charge in [0.2, 0.25) is 0 Å². The SMILES string of the molecule is CC(N[C@@H](C)c1ccco1)c1cccs1. The van der Waals surface area contributed by atoms with E-state index in [1.807, 2.05) is 12.1 Å². The van der Waals surface area contributed by atoms with Crippen LogP contribution >= 0.6 is 11.3 Å². The Morgan fingerprint density at radius 2 is 2.07 bits per heavy atom. The Bertz CT molecular complexity index is 341. The Morgan fingerprint density at radius 3 is 2.67 bits per heavy atom. The minimum absolute atomic E-state index is 0.247. The highest BCUT2D eigenvalue weighted by atomic mass is 32.1. The van der Waals surface area contributed by atoms with Gasteiger partial charge < -0.3 is 9.73 Å². The fourth-order valence-electron chi connectivity index (χ4n) is 1.61. The molecule has 0 radical (unpaired) electrons. The van der Waals surface area contributed by atoms with E-state index in [9.17, 15) is 0 Å². The van der Waals surface area contributed by atoms with Gasteiger partial charge in [-0.2, -0.15) is 0 Å². The lowest BCUT2D eigenvalue weighted by Gasteiger charge is -2.17. The van der Waals surface area contributed by atoms with Gasteiger partial charge in [-0.15, -0.1) is 11.3 Å². The highest BCUT2D eigenvalue weighted by Crippen LogP contribution is 2.22. The van der Waals surface area contributed by atoms with Crippen LogP contribution < -0.4 is 5.32 Å². The van der Waals surface area contributed by atoms with Crippen molar-refractivity contribution in [3.63, 3.8) is 0 Å². The second-order valence-corrected chi connectivity index (χ2v) is 4.62. The van der Waals surface area contributed by atoms with Crippen LogP contribution in [-0.2, 0) is 0 Å². The molecular formula is C12H15NOS. The first-order chi connectivity index (χ1) is 7.27. The zero-order valence-corrected chi connectivity index (χ0v) is 9.75. The fourth-order valence-corrected chi connectivity index (χ4v) is 2.36. The van der Waals surface area contributed by atoms with E-state index in [0.717, 1.165) is 5.76 Å². The molecule has 1 N–H and O–H groups in total. The zero-order chi connectivity index (χ0) is 10.7. The van der Waals surface area contributed by atoms with Crippen LogP contribution in [0.4, 0.5) is 0 Å². The van der Waals surface area contributed by atoms with Crippen molar-refractivity contribution in [3.8, 4) is 0 Å². The molecule has 15 heavy (non-hydrogen) atoms. The molecule has 0 aliphatic rings. The zero-order valence-electron chi connectivity index (χ0n) is 8.94. The summed E-state index contributed by atoms with van der Waals surface area (Å²) in [5, 5.41) is 5.60. The van der Waals surface area contributed by atoms with Gasteiger partial charge >= 0.3 is 0 Å². The summed E-state index contributed by atoms with van der Waals surface area (Å²) in [4.78, 5) is 1.36. The average molecular weight is 221 g/mol. The molecule has 0 aliphatic carbocycles. The highest BCUT2D eigenvalue weighted by Gasteiger charge is 2.13. The topological polar surface area (TPSA) is 25.2 Å². The maximum Gasteiger partial charge on any atom is 0.120 e. The molecule has 0 amide bonds. The van der Waals surface area contributed by atoms with Crippen molar-refractivity contribution in [1.29, 1.82) is 0 Å². The van der Waals surface area contributed by atoms with Crippen molar-refractivity contribution in [2.45, 2.75) is 25.9 Å². The lowest BCUT2D eigenvalue weighted by Crippen LogP contribution is -2.21. The first kappa shape index (κ1) is 10.5. The highest BCUT2D eigenvalue weighted by molar-refractivity contribution is 7.10. The number of furan rings is 1. The quantitative estimate of drug-likeness (QED) is 0.850. The Labute approximate surface area is 93.9 Å². The third-order valence-electron chi connectivity index (χ3n) is 2.44. The Morgan fingerprint density at radius 1 is 1.20 bits per heavy atom. The van der Waals surface area contributed by atoms with Crippen LogP contribution in [0.25, 0.3) is 0 Å². The molecule has 0 bridgehead atoms. The van der Waals surface area contributed by atoms with Crippen LogP contribution in [0, 0.1) is 0 Å². The number of nitrogens with one attached hydrogen (secondary N) is 1. The molecule has 0 saturated carbocycles. The van der Waals surface area contributed by atoms with Crippen molar-refractivity contribution in [2.75, 3.05) is 0 Å². The summed E-state index contributed by atoms with van der Waals surface area (Å²) in [5.41, 5.74) is 0. The predicted molar refractivity (Wildman–Crippen MR) is 63.0 cm³/mol. The molecule has 0 aliphatic heterocycles. The lowest BCUT2D eigenvalue weighted by atomic mass is 10.2. The van der Waals surface area contributed by atoms with Gasteiger partial charge in [0.15, 0.2) is 0 Å². The summed E-state index contributed by atoms with van der Waals surface area (Å²) in [6, 6.07) is 8.76. The Balaban J connectivity index is 1.98. The maximum absolute atomic E-state index is 5.35. The van der Waals surface area contributed by atoms with Crippen molar-refractivity contribution in [2.24, 2.45) is 0 Å². The number of hydrogen-bond donors (Lipinski definition) is 1. The van der Waals surface area contributed by atoms with E-state index < -0.39 is 0 Å². The summed E-state index contributed by atoms with van der Waals surface area (Å²) >= 11 is 1.78. The van der Waals surface area contributed by atoms with Crippen LogP contribution in [0.5, 0.6) is 0 Å². The van der Waals surface area contributed by atoms with Crippen LogP contribution in [0.1, 0.15) is 36.6 Å². The lowest BCUT2D eigenvalue weighted by molar-refractivity contribution is 0.405. The summed E-state index contributed by atoms with van der Waals surface area (Å²) in [6.45, 7) is 4.29. The van der Waals surface area contributed by atoms with Crippen molar-refractivity contribution in [1.82, 2.24) is 5.32 Å². The minimum atomic E-state index is 0.247. The van der Waals surface area contributed by atoms with Crippen LogP contribution in [0.15, 0.2) is 40.3 Å². The van der Waals surface area contributed by atoms with Crippen molar-refractivity contribution < 1.29 is 4.42 Å². The van der Waals surface area contributed by atoms with Gasteiger partial charge in [0.1, 0.15) is 5.76 Å². The van der Waals surface area contributed by atoms with E-state index >= 15 is 0 Å². The van der Waals surface area contributed by atoms with Gasteiger partial charge in [0.05, 0.1) is 12.3 Å². The summed E-state index contributed by atoms with van der Waals surface area (Å²) in [7, 11) is 0. The Kier molecular flexibility index (Phi) is 3.23. The van der Waals surface area contributed by atoms with Gasteiger partial charge in [-0.25, -0.2) is 0 Å². The maximum atomic E-state index is 5.35. The van der Waals surface area contributed by atoms with E-state index in [1.165, 1.54) is 4.88 Å². The average Bonchev–Trinajstić information content (AvgIpc) is 2.91. The standard InChI is InChI=1S/C12H15NOS/c1-9(11-5-3-7-14-11)13-10(2)12-6-4-8-15-12/h3-10,13H,1-2H3/t9-,10?/m0/s1. The molecule has 80 valence electrons. The predicted octanol–water partition coefficient (Wildman–Crippen LogP) is 3.75. The first-order valence-corrected chi connectivity index (χ1v) is 5.98. The third kappa shape index (κ3) is 2.49. The van der Waals surface area contributed by atoms with Gasteiger partial charge in [-0.3, -0.25) is 0 Å². The van der Waals surface area contributed by atoms with Gasteiger partial charge in [-0.1, -0.05) is 6.07 Å². The molecule has 2 atom stereocenters. The normalized spacial score (nSPS) is 15.1. The molecule has 1 unspecified atom stereocenters. The molecule has 2 heterocycles. The molecule has 3 heteroatoms. The summed E-state index contributed by atoms with van der Waals surface area (Å²) < 4.78 is 5.35. The molecule has 2 aromatic rings. The summed E-state index contributed by atoms with van der Waals surface area (Å²) in [6.07, 6.45) is 1.71. The van der Waals surface area contributed by atoms with Crippen LogP contribution in [0.2, 0.25) is 0 Å². The van der Waals surface area contributed by atoms with Crippen molar-refractivity contribution >= 4 is 11.3 Å². The molecule has 2 rings (SSSR count). The van der Waals surface area contributed by atoms with Crippen LogP contribution in [-0.4, -0.2) is 0 Å². The molecule has 0 aromatic carbocycles. The largest absolute Gasteiger partial charge is 0.468 e. The molecular weight excluding hydrogens is 206 g/mol. The van der Waals surface area contributed by atoms with Gasteiger partial charge in [-0.05, 0) is 37.4 Å². The first-order valence-electron chi connectivity index (χ1n) is 5.10. The van der Waals surface area contributed by atoms with E-state index in [4.69, 9.17) is 4.42 Å². The van der Waals surface area contributed by atoms with E-state index in [1.54, 1.807) is 17.6 Å². The van der Waals surface area contributed by atoms with Gasteiger partial charge in [0.25, 0.3) is 0 Å². The van der Waals surface area contributed by atoms with E-state index in [2.05, 4.69) is 36.7 Å². The van der Waals surface area contributed by atoms with E-state index in [0.29, 0.717) is 6.04 Å². The molecule has 0 saturated heterocycles. The second-order valence-electron chi connectivity index (χ2n) is 3.64. The van der Waals surface area contributed by atoms with Crippen LogP contribution in [0.3, 0.4) is 0 Å². The Hall–Kier alpha value is -1.06. The molecule has 0 fully saturated rings. The number of thiophene rings is 1. The molecule has 2 aromatic heterocycles. The van der Waals surface area contributed by atoms with Crippen molar-refractivity contribution in [3.05, 3.63) is 46.5 Å². The summed E-state index contributed by atoms with van der Waals surface area (Å²) in [5.74, 6) is 0.985. The third-order valence-corrected chi connectivity index (χ3v) is 3.49.